The van der Waals surface area contributed by atoms with Gasteiger partial charge in [-0.2, -0.15) is 18.2 Å². The summed E-state index contributed by atoms with van der Waals surface area (Å²) in [6, 6.07) is 23.0. The number of aryl methyl sites for hydroxylation is 2. The summed E-state index contributed by atoms with van der Waals surface area (Å²) in [6.07, 6.45) is -2.22. The van der Waals surface area contributed by atoms with Crippen molar-refractivity contribution in [3.05, 3.63) is 84.6 Å². The highest BCUT2D eigenvalue weighted by Crippen LogP contribution is 2.29. The maximum absolute atomic E-state index is 12.1. The molecule has 0 amide bonds. The van der Waals surface area contributed by atoms with Crippen LogP contribution in [0.5, 0.6) is 0 Å². The van der Waals surface area contributed by atoms with Gasteiger partial charge >= 0.3 is 12.1 Å². The number of aliphatic carboxylic acids is 1. The molecule has 0 spiro atoms. The Morgan fingerprint density at radius 1 is 0.955 bits per heavy atom. The number of para-hydroxylation sites is 1. The Balaban J connectivity index is 0.000000566. The van der Waals surface area contributed by atoms with Crippen LogP contribution in [0.25, 0.3) is 11.0 Å². The number of benzene rings is 3. The Kier molecular flexibility index (Phi) is 9.08. The van der Waals surface area contributed by atoms with Crippen molar-refractivity contribution in [2.75, 3.05) is 28.8 Å². The topological polar surface area (TPSA) is 142 Å². The lowest BCUT2D eigenvalue weighted by Gasteiger charge is -2.19. The second-order valence-corrected chi connectivity index (χ2v) is 11.6. The van der Waals surface area contributed by atoms with Gasteiger partial charge in [0.15, 0.2) is 9.84 Å². The van der Waals surface area contributed by atoms with Gasteiger partial charge in [0.05, 0.1) is 15.9 Å². The number of anilines is 6. The average Bonchev–Trinajstić information content (AvgIpc) is 3.27. The molecule has 0 saturated heterocycles. The average molecular weight is 628 g/mol. The maximum atomic E-state index is 12.1. The molecule has 5 aromatic rings. The number of hydrogen-bond donors (Lipinski definition) is 3. The molecular formula is C29H28F3N7O4S. The van der Waals surface area contributed by atoms with Crippen LogP contribution in [0.15, 0.2) is 83.9 Å². The highest BCUT2D eigenvalue weighted by molar-refractivity contribution is 7.90. The van der Waals surface area contributed by atoms with E-state index >= 15 is 0 Å². The molecule has 0 radical (unpaired) electrons. The largest absolute Gasteiger partial charge is 0.490 e. The van der Waals surface area contributed by atoms with Crippen LogP contribution >= 0.6 is 0 Å². The summed E-state index contributed by atoms with van der Waals surface area (Å²) in [7, 11) is 0.558. The Labute approximate surface area is 250 Å². The summed E-state index contributed by atoms with van der Waals surface area (Å²) >= 11 is 0. The zero-order chi connectivity index (χ0) is 32.2. The first-order valence-electron chi connectivity index (χ1n) is 12.9. The van der Waals surface area contributed by atoms with Crippen molar-refractivity contribution in [2.45, 2.75) is 18.0 Å². The highest BCUT2D eigenvalue weighted by Gasteiger charge is 2.38. The molecule has 0 fully saturated rings. The second kappa shape index (κ2) is 12.6. The molecule has 0 saturated carbocycles. The maximum Gasteiger partial charge on any atom is 0.490 e. The number of carbonyl (C=O) groups is 1. The summed E-state index contributed by atoms with van der Waals surface area (Å²) in [5.74, 6) is -0.972. The first kappa shape index (κ1) is 31.7. The molecule has 5 rings (SSSR count). The number of carboxylic acids is 1. The molecule has 0 aliphatic carbocycles. The molecule has 0 aliphatic heterocycles. The number of alkyl halides is 3. The zero-order valence-corrected chi connectivity index (χ0v) is 24.8. The fourth-order valence-electron chi connectivity index (χ4n) is 4.09. The van der Waals surface area contributed by atoms with E-state index in [1.807, 2.05) is 78.2 Å². The summed E-state index contributed by atoms with van der Waals surface area (Å²) in [5, 5.41) is 13.6. The van der Waals surface area contributed by atoms with E-state index in [4.69, 9.17) is 14.9 Å². The molecule has 44 heavy (non-hydrogen) atoms. The van der Waals surface area contributed by atoms with Crippen LogP contribution in [0.1, 0.15) is 5.56 Å². The minimum Gasteiger partial charge on any atom is -0.475 e. The van der Waals surface area contributed by atoms with Gasteiger partial charge in [0.2, 0.25) is 11.9 Å². The minimum absolute atomic E-state index is 0.274. The number of hydrogen-bond acceptors (Lipinski definition) is 9. The SMILES string of the molecule is Cc1ccc(Nc2nccc(N(C)c3ccc4c(c3)nc(Nc3ccccc3)n4C)n2)cc1S(C)(=O)=O.O=C(O)C(F)(F)F. The molecule has 11 nitrogen and oxygen atoms in total. The van der Waals surface area contributed by atoms with Gasteiger partial charge in [-0.05, 0) is 61.0 Å². The van der Waals surface area contributed by atoms with E-state index in [2.05, 4.69) is 20.6 Å². The number of rotatable bonds is 7. The Morgan fingerprint density at radius 2 is 1.64 bits per heavy atom. The van der Waals surface area contributed by atoms with Crippen LogP contribution in [0, 0.1) is 6.92 Å². The lowest BCUT2D eigenvalue weighted by atomic mass is 10.2. The van der Waals surface area contributed by atoms with E-state index in [-0.39, 0.29) is 4.90 Å². The van der Waals surface area contributed by atoms with Gasteiger partial charge in [-0.25, -0.2) is 23.2 Å². The molecule has 0 atom stereocenters. The molecule has 3 aromatic carbocycles. The third-order valence-corrected chi connectivity index (χ3v) is 7.59. The van der Waals surface area contributed by atoms with Crippen LogP contribution in [0.2, 0.25) is 0 Å². The number of sulfone groups is 1. The quantitative estimate of drug-likeness (QED) is 0.198. The van der Waals surface area contributed by atoms with Crippen LogP contribution in [-0.2, 0) is 21.7 Å². The summed E-state index contributed by atoms with van der Waals surface area (Å²) in [4.78, 5) is 24.8. The van der Waals surface area contributed by atoms with Gasteiger partial charge in [-0.15, -0.1) is 0 Å². The van der Waals surface area contributed by atoms with Crippen molar-refractivity contribution >= 4 is 61.6 Å². The number of halogens is 3. The highest BCUT2D eigenvalue weighted by atomic mass is 32.2. The Hall–Kier alpha value is -5.18. The number of aromatic nitrogens is 4. The number of fused-ring (bicyclic) bond motifs is 1. The van der Waals surface area contributed by atoms with Crippen LogP contribution in [0.4, 0.5) is 47.9 Å². The van der Waals surface area contributed by atoms with Crippen molar-refractivity contribution in [3.63, 3.8) is 0 Å². The summed E-state index contributed by atoms with van der Waals surface area (Å²) < 4.78 is 57.9. The van der Waals surface area contributed by atoms with Crippen LogP contribution < -0.4 is 15.5 Å². The molecular weight excluding hydrogens is 599 g/mol. The van der Waals surface area contributed by atoms with Gasteiger partial charge < -0.3 is 25.2 Å². The summed E-state index contributed by atoms with van der Waals surface area (Å²) in [5.41, 5.74) is 5.02. The lowest BCUT2D eigenvalue weighted by molar-refractivity contribution is -0.192. The van der Waals surface area contributed by atoms with E-state index in [0.717, 1.165) is 28.4 Å². The number of nitrogens with zero attached hydrogens (tertiary/aromatic N) is 5. The second-order valence-electron chi connectivity index (χ2n) is 9.64. The number of nitrogens with one attached hydrogen (secondary N) is 2. The Morgan fingerprint density at radius 3 is 2.27 bits per heavy atom. The normalized spacial score (nSPS) is 11.4. The smallest absolute Gasteiger partial charge is 0.475 e. The first-order chi connectivity index (χ1) is 20.6. The fourth-order valence-corrected chi connectivity index (χ4v) is 5.09. The van der Waals surface area contributed by atoms with Crippen molar-refractivity contribution in [2.24, 2.45) is 7.05 Å². The lowest BCUT2D eigenvalue weighted by Crippen LogP contribution is -2.21. The van der Waals surface area contributed by atoms with E-state index in [1.54, 1.807) is 31.3 Å². The third-order valence-electron chi connectivity index (χ3n) is 6.35. The van der Waals surface area contributed by atoms with Gasteiger partial charge in [-0.3, -0.25) is 0 Å². The van der Waals surface area contributed by atoms with Crippen molar-refractivity contribution in [1.29, 1.82) is 0 Å². The van der Waals surface area contributed by atoms with Gasteiger partial charge in [0.1, 0.15) is 5.82 Å². The minimum atomic E-state index is -5.08. The predicted octanol–water partition coefficient (Wildman–Crippen LogP) is 5.96. The molecule has 2 aromatic heterocycles. The number of carboxylic acid groups (broad SMARTS) is 1. The standard InChI is InChI=1S/C27H27N7O2S.C2HF3O2/c1-18-10-11-20(16-24(18)37(4,35)36)29-26-28-15-14-25(32-26)33(2)21-12-13-23-22(17-21)31-27(34(23)3)30-19-8-6-5-7-9-19;3-2(4,5)1(6)7/h5-17H,1-4H3,(H,30,31)(H,28,29,32);(H,6,7). The predicted molar refractivity (Wildman–Crippen MR) is 162 cm³/mol. The molecule has 3 N–H and O–H groups in total. The first-order valence-corrected chi connectivity index (χ1v) is 14.8. The number of imidazole rings is 1. The van der Waals surface area contributed by atoms with Gasteiger partial charge in [-0.1, -0.05) is 24.3 Å². The molecule has 0 aliphatic rings. The van der Waals surface area contributed by atoms with E-state index < -0.39 is 22.0 Å². The van der Waals surface area contributed by atoms with Crippen LogP contribution in [0.3, 0.4) is 0 Å². The molecule has 0 unspecified atom stereocenters. The summed E-state index contributed by atoms with van der Waals surface area (Å²) in [6.45, 7) is 1.77. The van der Waals surface area contributed by atoms with E-state index in [9.17, 15) is 21.6 Å². The fraction of sp³-hybridized carbons (Fsp3) is 0.172. The third kappa shape index (κ3) is 7.60. The van der Waals surface area contributed by atoms with Crippen LogP contribution in [-0.4, -0.2) is 58.5 Å². The van der Waals surface area contributed by atoms with Gasteiger partial charge in [0, 0.05) is 43.6 Å². The van der Waals surface area contributed by atoms with Crippen molar-refractivity contribution in [1.82, 2.24) is 19.5 Å². The van der Waals surface area contributed by atoms with Crippen molar-refractivity contribution < 1.29 is 31.5 Å². The zero-order valence-electron chi connectivity index (χ0n) is 24.0. The molecule has 230 valence electrons. The molecule has 2 heterocycles. The van der Waals surface area contributed by atoms with Crippen molar-refractivity contribution in [3.8, 4) is 0 Å². The van der Waals surface area contributed by atoms with E-state index in [0.29, 0.717) is 23.0 Å². The van der Waals surface area contributed by atoms with Gasteiger partial charge in [0.25, 0.3) is 0 Å². The monoisotopic (exact) mass is 627 g/mol. The Bertz CT molecular complexity index is 1910. The van der Waals surface area contributed by atoms with E-state index in [1.165, 1.54) is 6.26 Å². The molecule has 15 heteroatoms. The molecule has 0 bridgehead atoms.